The van der Waals surface area contributed by atoms with Gasteiger partial charge in [0.15, 0.2) is 0 Å². The van der Waals surface area contributed by atoms with Gasteiger partial charge in [-0.2, -0.15) is 0 Å². The largest absolute Gasteiger partial charge is 0.496 e. The molecule has 20 heavy (non-hydrogen) atoms. The summed E-state index contributed by atoms with van der Waals surface area (Å²) >= 11 is 0. The van der Waals surface area contributed by atoms with Gasteiger partial charge in [-0.05, 0) is 25.0 Å². The molecule has 0 aliphatic heterocycles. The van der Waals surface area contributed by atoms with Gasteiger partial charge in [-0.3, -0.25) is 4.79 Å². The number of amides is 1. The number of hydrogen-bond donors (Lipinski definition) is 2. The first-order chi connectivity index (χ1) is 9.51. The Morgan fingerprint density at radius 1 is 1.20 bits per heavy atom. The highest BCUT2D eigenvalue weighted by Gasteiger charge is 2.24. The number of nitrogens with one attached hydrogen (secondary N) is 1. The van der Waals surface area contributed by atoms with E-state index in [1.54, 1.807) is 18.2 Å². The zero-order valence-electron chi connectivity index (χ0n) is 12.7. The van der Waals surface area contributed by atoms with Crippen molar-refractivity contribution in [1.82, 2.24) is 5.32 Å². The molecule has 1 aromatic rings. The Hall–Kier alpha value is -1.75. The summed E-state index contributed by atoms with van der Waals surface area (Å²) in [6.45, 7) is 4.44. The van der Waals surface area contributed by atoms with E-state index in [4.69, 9.17) is 15.2 Å². The molecule has 0 heterocycles. The SMILES string of the molecule is CCC(N)(CC)CNC(=O)c1c(OC)cccc1OC. The Labute approximate surface area is 120 Å². The summed E-state index contributed by atoms with van der Waals surface area (Å²) in [5.74, 6) is 0.728. The second-order valence-electron chi connectivity index (χ2n) is 4.79. The lowest BCUT2D eigenvalue weighted by Gasteiger charge is -2.27. The minimum Gasteiger partial charge on any atom is -0.496 e. The van der Waals surface area contributed by atoms with Gasteiger partial charge < -0.3 is 20.5 Å². The van der Waals surface area contributed by atoms with Gasteiger partial charge in [0, 0.05) is 12.1 Å². The molecule has 0 atom stereocenters. The van der Waals surface area contributed by atoms with Crippen molar-refractivity contribution < 1.29 is 14.3 Å². The third-order valence-corrected chi connectivity index (χ3v) is 3.66. The van der Waals surface area contributed by atoms with Crippen LogP contribution in [0.2, 0.25) is 0 Å². The van der Waals surface area contributed by atoms with Crippen LogP contribution in [0.5, 0.6) is 11.5 Å². The molecule has 0 saturated heterocycles. The fourth-order valence-corrected chi connectivity index (χ4v) is 1.92. The summed E-state index contributed by atoms with van der Waals surface area (Å²) in [6, 6.07) is 5.24. The molecule has 0 saturated carbocycles. The number of hydrogen-bond acceptors (Lipinski definition) is 4. The van der Waals surface area contributed by atoms with Crippen molar-refractivity contribution in [3.05, 3.63) is 23.8 Å². The molecule has 0 fully saturated rings. The van der Waals surface area contributed by atoms with Crippen molar-refractivity contribution >= 4 is 5.91 Å². The Balaban J connectivity index is 2.92. The fourth-order valence-electron chi connectivity index (χ4n) is 1.92. The third kappa shape index (κ3) is 3.63. The number of nitrogens with two attached hydrogens (primary N) is 1. The summed E-state index contributed by atoms with van der Waals surface area (Å²) in [5.41, 5.74) is 6.20. The molecule has 3 N–H and O–H groups in total. The number of ether oxygens (including phenoxy) is 2. The van der Waals surface area contributed by atoms with Crippen molar-refractivity contribution in [2.24, 2.45) is 5.73 Å². The van der Waals surface area contributed by atoms with Gasteiger partial charge in [0.25, 0.3) is 5.91 Å². The Morgan fingerprint density at radius 3 is 2.10 bits per heavy atom. The molecular formula is C15H24N2O3. The van der Waals surface area contributed by atoms with E-state index in [0.29, 0.717) is 23.6 Å². The molecule has 0 aromatic heterocycles. The van der Waals surface area contributed by atoms with Crippen LogP contribution in [0.25, 0.3) is 0 Å². The molecule has 5 heteroatoms. The highest BCUT2D eigenvalue weighted by molar-refractivity contribution is 5.99. The monoisotopic (exact) mass is 280 g/mol. The lowest BCUT2D eigenvalue weighted by atomic mass is 9.94. The number of carbonyl (C=O) groups is 1. The minimum absolute atomic E-state index is 0.240. The van der Waals surface area contributed by atoms with Gasteiger partial charge in [-0.1, -0.05) is 19.9 Å². The Bertz CT molecular complexity index is 434. The molecule has 0 bridgehead atoms. The van der Waals surface area contributed by atoms with Crippen LogP contribution in [0.15, 0.2) is 18.2 Å². The zero-order valence-corrected chi connectivity index (χ0v) is 12.7. The molecule has 0 unspecified atom stereocenters. The molecule has 0 aliphatic carbocycles. The first kappa shape index (κ1) is 16.3. The predicted octanol–water partition coefficient (Wildman–Crippen LogP) is 1.95. The lowest BCUT2D eigenvalue weighted by molar-refractivity contribution is 0.0936. The van der Waals surface area contributed by atoms with Crippen molar-refractivity contribution in [1.29, 1.82) is 0 Å². The van der Waals surface area contributed by atoms with Crippen molar-refractivity contribution in [2.75, 3.05) is 20.8 Å². The average molecular weight is 280 g/mol. The lowest BCUT2D eigenvalue weighted by Crippen LogP contribution is -2.49. The molecule has 0 radical (unpaired) electrons. The van der Waals surface area contributed by atoms with Crippen LogP contribution in [0.1, 0.15) is 37.0 Å². The van der Waals surface area contributed by atoms with Crippen LogP contribution in [-0.4, -0.2) is 32.2 Å². The van der Waals surface area contributed by atoms with Crippen LogP contribution >= 0.6 is 0 Å². The van der Waals surface area contributed by atoms with E-state index >= 15 is 0 Å². The zero-order chi connectivity index (χ0) is 15.2. The minimum atomic E-state index is -0.384. The van der Waals surface area contributed by atoms with E-state index in [2.05, 4.69) is 5.32 Å². The maximum Gasteiger partial charge on any atom is 0.258 e. The molecule has 1 amide bonds. The van der Waals surface area contributed by atoms with Crippen molar-refractivity contribution in [3.8, 4) is 11.5 Å². The van der Waals surface area contributed by atoms with Gasteiger partial charge in [0.2, 0.25) is 0 Å². The van der Waals surface area contributed by atoms with Gasteiger partial charge in [-0.15, -0.1) is 0 Å². The second-order valence-corrected chi connectivity index (χ2v) is 4.79. The van der Waals surface area contributed by atoms with Gasteiger partial charge >= 0.3 is 0 Å². The van der Waals surface area contributed by atoms with E-state index in [1.807, 2.05) is 13.8 Å². The Kier molecular flexibility index (Phi) is 5.82. The summed E-state index contributed by atoms with van der Waals surface area (Å²) in [5, 5.41) is 2.87. The third-order valence-electron chi connectivity index (χ3n) is 3.66. The van der Waals surface area contributed by atoms with E-state index in [1.165, 1.54) is 14.2 Å². The van der Waals surface area contributed by atoms with Gasteiger partial charge in [0.05, 0.1) is 14.2 Å². The quantitative estimate of drug-likeness (QED) is 0.800. The van der Waals surface area contributed by atoms with Crippen LogP contribution in [-0.2, 0) is 0 Å². The van der Waals surface area contributed by atoms with Crippen LogP contribution in [0, 0.1) is 0 Å². The average Bonchev–Trinajstić information content (AvgIpc) is 2.51. The molecule has 0 aliphatic rings. The Morgan fingerprint density at radius 2 is 1.70 bits per heavy atom. The summed E-state index contributed by atoms with van der Waals surface area (Å²) in [6.07, 6.45) is 1.60. The number of methoxy groups -OCH3 is 2. The highest BCUT2D eigenvalue weighted by atomic mass is 16.5. The second kappa shape index (κ2) is 7.14. The number of carbonyl (C=O) groups excluding carboxylic acids is 1. The summed E-state index contributed by atoms with van der Waals surface area (Å²) in [7, 11) is 3.05. The molecule has 1 rings (SSSR count). The first-order valence-electron chi connectivity index (χ1n) is 6.79. The molecule has 112 valence electrons. The molecule has 1 aromatic carbocycles. The van der Waals surface area contributed by atoms with Crippen LogP contribution in [0.3, 0.4) is 0 Å². The van der Waals surface area contributed by atoms with Crippen molar-refractivity contribution in [2.45, 2.75) is 32.2 Å². The van der Waals surface area contributed by atoms with Gasteiger partial charge in [0.1, 0.15) is 17.1 Å². The summed E-state index contributed by atoms with van der Waals surface area (Å²) in [4.78, 5) is 12.4. The molecule has 5 nitrogen and oxygen atoms in total. The normalized spacial score (nSPS) is 11.1. The van der Waals surface area contributed by atoms with E-state index in [9.17, 15) is 4.79 Å². The standard InChI is InChI=1S/C15H24N2O3/c1-5-15(16,6-2)10-17-14(18)13-11(19-3)8-7-9-12(13)20-4/h7-9H,5-6,10,16H2,1-4H3,(H,17,18). The first-order valence-corrected chi connectivity index (χ1v) is 6.79. The van der Waals surface area contributed by atoms with Crippen LogP contribution in [0.4, 0.5) is 0 Å². The highest BCUT2D eigenvalue weighted by Crippen LogP contribution is 2.28. The summed E-state index contributed by atoms with van der Waals surface area (Å²) < 4.78 is 10.4. The molecular weight excluding hydrogens is 256 g/mol. The predicted molar refractivity (Wildman–Crippen MR) is 79.4 cm³/mol. The maximum atomic E-state index is 12.4. The van der Waals surface area contributed by atoms with E-state index in [-0.39, 0.29) is 11.4 Å². The topological polar surface area (TPSA) is 73.6 Å². The maximum absolute atomic E-state index is 12.4. The number of rotatable bonds is 7. The van der Waals surface area contributed by atoms with E-state index < -0.39 is 0 Å². The van der Waals surface area contributed by atoms with Crippen LogP contribution < -0.4 is 20.5 Å². The van der Waals surface area contributed by atoms with Crippen molar-refractivity contribution in [3.63, 3.8) is 0 Å². The smallest absolute Gasteiger partial charge is 0.258 e. The fraction of sp³-hybridized carbons (Fsp3) is 0.533. The van der Waals surface area contributed by atoms with Gasteiger partial charge in [-0.25, -0.2) is 0 Å². The number of benzene rings is 1. The molecule has 0 spiro atoms. The van der Waals surface area contributed by atoms with E-state index in [0.717, 1.165) is 12.8 Å².